The van der Waals surface area contributed by atoms with Gasteiger partial charge in [0.05, 0.1) is 6.10 Å². The molecule has 1 aromatic rings. The molecule has 0 aliphatic heterocycles. The average Bonchev–Trinajstić information content (AvgIpc) is 2.24. The number of aliphatic hydroxyl groups excluding tert-OH is 1. The molecule has 1 unspecified atom stereocenters. The molecule has 1 saturated carbocycles. The summed E-state index contributed by atoms with van der Waals surface area (Å²) in [6.45, 7) is 2.76. The van der Waals surface area contributed by atoms with E-state index in [2.05, 4.69) is 22.9 Å². The van der Waals surface area contributed by atoms with Gasteiger partial charge in [0, 0.05) is 16.4 Å². The SMILES string of the molecule is CC1CC(CN)(C(O)c2ccccc2Br)C1. The van der Waals surface area contributed by atoms with Gasteiger partial charge in [-0.25, -0.2) is 0 Å². The first-order valence-corrected chi connectivity index (χ1v) is 6.51. The highest BCUT2D eigenvalue weighted by molar-refractivity contribution is 9.10. The van der Waals surface area contributed by atoms with Crippen molar-refractivity contribution >= 4 is 15.9 Å². The van der Waals surface area contributed by atoms with Gasteiger partial charge < -0.3 is 10.8 Å². The molecule has 0 saturated heterocycles. The van der Waals surface area contributed by atoms with Gasteiger partial charge in [-0.1, -0.05) is 41.1 Å². The highest BCUT2D eigenvalue weighted by Gasteiger charge is 2.47. The predicted molar refractivity (Wildman–Crippen MR) is 69.0 cm³/mol. The van der Waals surface area contributed by atoms with Gasteiger partial charge in [0.2, 0.25) is 0 Å². The van der Waals surface area contributed by atoms with Crippen molar-refractivity contribution in [2.75, 3.05) is 6.54 Å². The second-order valence-corrected chi connectivity index (χ2v) is 5.86. The van der Waals surface area contributed by atoms with E-state index >= 15 is 0 Å². The summed E-state index contributed by atoms with van der Waals surface area (Å²) < 4.78 is 0.967. The van der Waals surface area contributed by atoms with E-state index in [0.29, 0.717) is 12.5 Å². The van der Waals surface area contributed by atoms with Crippen LogP contribution in [0.4, 0.5) is 0 Å². The lowest BCUT2D eigenvalue weighted by Gasteiger charge is -2.49. The lowest BCUT2D eigenvalue weighted by Crippen LogP contribution is -2.46. The van der Waals surface area contributed by atoms with Crippen LogP contribution >= 0.6 is 15.9 Å². The van der Waals surface area contributed by atoms with Crippen molar-refractivity contribution in [2.24, 2.45) is 17.1 Å². The van der Waals surface area contributed by atoms with Gasteiger partial charge >= 0.3 is 0 Å². The third-order valence-corrected chi connectivity index (χ3v) is 4.42. The number of halogens is 1. The summed E-state index contributed by atoms with van der Waals surface area (Å²) in [6.07, 6.45) is 1.59. The van der Waals surface area contributed by atoms with Crippen LogP contribution in [0.2, 0.25) is 0 Å². The van der Waals surface area contributed by atoms with Gasteiger partial charge in [-0.2, -0.15) is 0 Å². The first-order chi connectivity index (χ1) is 7.59. The van der Waals surface area contributed by atoms with Crippen LogP contribution in [0.25, 0.3) is 0 Å². The maximum atomic E-state index is 10.5. The zero-order chi connectivity index (χ0) is 11.8. The van der Waals surface area contributed by atoms with E-state index in [1.54, 1.807) is 0 Å². The van der Waals surface area contributed by atoms with Crippen molar-refractivity contribution in [2.45, 2.75) is 25.9 Å². The fourth-order valence-corrected chi connectivity index (χ4v) is 3.36. The van der Waals surface area contributed by atoms with E-state index in [9.17, 15) is 5.11 Å². The Morgan fingerprint density at radius 1 is 1.50 bits per heavy atom. The van der Waals surface area contributed by atoms with E-state index < -0.39 is 6.10 Å². The van der Waals surface area contributed by atoms with Crippen LogP contribution < -0.4 is 5.73 Å². The molecule has 0 heterocycles. The Hall–Kier alpha value is -0.380. The summed E-state index contributed by atoms with van der Waals surface area (Å²) >= 11 is 3.49. The molecule has 0 bridgehead atoms. The molecule has 0 amide bonds. The molecule has 0 spiro atoms. The van der Waals surface area contributed by atoms with E-state index in [-0.39, 0.29) is 5.41 Å². The van der Waals surface area contributed by atoms with Gasteiger partial charge in [0.25, 0.3) is 0 Å². The minimum Gasteiger partial charge on any atom is -0.388 e. The summed E-state index contributed by atoms with van der Waals surface area (Å²) in [5.74, 6) is 0.681. The Morgan fingerprint density at radius 3 is 2.62 bits per heavy atom. The lowest BCUT2D eigenvalue weighted by molar-refractivity contribution is -0.0605. The molecule has 88 valence electrons. The molecule has 0 aromatic heterocycles. The monoisotopic (exact) mass is 283 g/mol. The molecule has 16 heavy (non-hydrogen) atoms. The van der Waals surface area contributed by atoms with Crippen LogP contribution in [0, 0.1) is 11.3 Å². The first kappa shape index (κ1) is 12.1. The Kier molecular flexibility index (Phi) is 3.38. The van der Waals surface area contributed by atoms with Crippen LogP contribution in [0.15, 0.2) is 28.7 Å². The Labute approximate surface area is 105 Å². The summed E-state index contributed by atoms with van der Waals surface area (Å²) in [5.41, 5.74) is 6.69. The summed E-state index contributed by atoms with van der Waals surface area (Å²) in [5, 5.41) is 10.5. The summed E-state index contributed by atoms with van der Waals surface area (Å²) in [7, 11) is 0. The Bertz CT molecular complexity index is 374. The van der Waals surface area contributed by atoms with E-state index in [0.717, 1.165) is 22.9 Å². The number of hydrogen-bond acceptors (Lipinski definition) is 2. The van der Waals surface area contributed by atoms with E-state index in [1.165, 1.54) is 0 Å². The predicted octanol–water partition coefficient (Wildman–Crippen LogP) is 2.86. The van der Waals surface area contributed by atoms with Crippen LogP contribution in [0.3, 0.4) is 0 Å². The zero-order valence-corrected chi connectivity index (χ0v) is 11.1. The van der Waals surface area contributed by atoms with E-state index in [1.807, 2.05) is 24.3 Å². The van der Waals surface area contributed by atoms with Gasteiger partial charge in [-0.05, 0) is 30.4 Å². The smallest absolute Gasteiger partial charge is 0.0869 e. The molecular formula is C13H18BrNO. The van der Waals surface area contributed by atoms with Gasteiger partial charge in [0.1, 0.15) is 0 Å². The number of benzene rings is 1. The first-order valence-electron chi connectivity index (χ1n) is 5.71. The van der Waals surface area contributed by atoms with Crippen molar-refractivity contribution in [3.8, 4) is 0 Å². The second kappa shape index (κ2) is 4.47. The number of rotatable bonds is 3. The molecule has 1 aliphatic rings. The summed E-state index contributed by atoms with van der Waals surface area (Å²) in [4.78, 5) is 0. The number of nitrogens with two attached hydrogens (primary N) is 1. The van der Waals surface area contributed by atoms with E-state index in [4.69, 9.17) is 5.73 Å². The van der Waals surface area contributed by atoms with Crippen molar-refractivity contribution in [3.63, 3.8) is 0 Å². The minimum atomic E-state index is -0.454. The Balaban J connectivity index is 2.25. The molecule has 2 nitrogen and oxygen atoms in total. The lowest BCUT2D eigenvalue weighted by atomic mass is 9.58. The van der Waals surface area contributed by atoms with Crippen LogP contribution in [0.1, 0.15) is 31.4 Å². The van der Waals surface area contributed by atoms with Crippen LogP contribution in [0.5, 0.6) is 0 Å². The van der Waals surface area contributed by atoms with Gasteiger partial charge in [0.15, 0.2) is 0 Å². The van der Waals surface area contributed by atoms with Crippen molar-refractivity contribution in [1.82, 2.24) is 0 Å². The van der Waals surface area contributed by atoms with Gasteiger partial charge in [-0.3, -0.25) is 0 Å². The summed E-state index contributed by atoms with van der Waals surface area (Å²) in [6, 6.07) is 7.84. The number of hydrogen-bond donors (Lipinski definition) is 2. The molecule has 3 N–H and O–H groups in total. The molecule has 3 heteroatoms. The normalized spacial score (nSPS) is 30.9. The fourth-order valence-electron chi connectivity index (χ4n) is 2.86. The van der Waals surface area contributed by atoms with Crippen molar-refractivity contribution < 1.29 is 5.11 Å². The maximum absolute atomic E-state index is 10.5. The third kappa shape index (κ3) is 1.92. The molecule has 1 aromatic carbocycles. The highest BCUT2D eigenvalue weighted by atomic mass is 79.9. The fraction of sp³-hybridized carbons (Fsp3) is 0.538. The van der Waals surface area contributed by atoms with Gasteiger partial charge in [-0.15, -0.1) is 0 Å². The molecule has 0 radical (unpaired) electrons. The van der Waals surface area contributed by atoms with Crippen molar-refractivity contribution in [3.05, 3.63) is 34.3 Å². The largest absolute Gasteiger partial charge is 0.388 e. The quantitative estimate of drug-likeness (QED) is 0.896. The minimum absolute atomic E-state index is 0.108. The average molecular weight is 284 g/mol. The van der Waals surface area contributed by atoms with Crippen LogP contribution in [-0.4, -0.2) is 11.7 Å². The highest BCUT2D eigenvalue weighted by Crippen LogP contribution is 2.53. The Morgan fingerprint density at radius 2 is 2.12 bits per heavy atom. The molecule has 1 atom stereocenters. The third-order valence-electron chi connectivity index (χ3n) is 3.70. The zero-order valence-electron chi connectivity index (χ0n) is 9.49. The molecule has 1 fully saturated rings. The molecule has 2 rings (SSSR count). The standard InChI is InChI=1S/C13H18BrNO/c1-9-6-13(7-9,8-15)12(16)10-4-2-3-5-11(10)14/h2-5,9,12,16H,6-8,15H2,1H3. The second-order valence-electron chi connectivity index (χ2n) is 5.00. The molecular weight excluding hydrogens is 266 g/mol. The van der Waals surface area contributed by atoms with Crippen molar-refractivity contribution in [1.29, 1.82) is 0 Å². The maximum Gasteiger partial charge on any atom is 0.0869 e. The number of aliphatic hydroxyl groups is 1. The topological polar surface area (TPSA) is 46.2 Å². The van der Waals surface area contributed by atoms with Crippen LogP contribution in [-0.2, 0) is 0 Å². The molecule has 1 aliphatic carbocycles.